The number of carbonyl (C=O) groups is 1. The molecule has 1 unspecified atom stereocenters. The van der Waals surface area contributed by atoms with Crippen LogP contribution in [0.15, 0.2) is 24.3 Å². The van der Waals surface area contributed by atoms with Crippen molar-refractivity contribution in [1.82, 2.24) is 4.90 Å². The van der Waals surface area contributed by atoms with Gasteiger partial charge in [-0.15, -0.1) is 0 Å². The Morgan fingerprint density at radius 1 is 1.29 bits per heavy atom. The maximum atomic E-state index is 12.2. The molecule has 1 saturated heterocycles. The zero-order valence-corrected chi connectivity index (χ0v) is 13.4. The molecule has 0 aromatic heterocycles. The van der Waals surface area contributed by atoms with Gasteiger partial charge < -0.3 is 14.5 Å². The lowest BCUT2D eigenvalue weighted by Gasteiger charge is -2.35. The maximum Gasteiger partial charge on any atom is 0.260 e. The van der Waals surface area contributed by atoms with Crippen molar-refractivity contribution in [1.29, 1.82) is 0 Å². The molecular formula is C17H27N2O2+. The molecule has 0 aliphatic carbocycles. The number of amides is 1. The van der Waals surface area contributed by atoms with Gasteiger partial charge in [0.15, 0.2) is 6.61 Å². The third kappa shape index (κ3) is 4.46. The van der Waals surface area contributed by atoms with Crippen molar-refractivity contribution in [3.8, 4) is 5.75 Å². The van der Waals surface area contributed by atoms with Crippen LogP contribution in [-0.4, -0.2) is 49.6 Å². The van der Waals surface area contributed by atoms with Crippen LogP contribution in [0.5, 0.6) is 5.75 Å². The summed E-state index contributed by atoms with van der Waals surface area (Å²) >= 11 is 0. The lowest BCUT2D eigenvalue weighted by atomic mass is 10.2. The average Bonchev–Trinajstić information content (AvgIpc) is 2.53. The van der Waals surface area contributed by atoms with Crippen LogP contribution in [0.3, 0.4) is 0 Å². The molecule has 1 aliphatic rings. The monoisotopic (exact) mass is 291 g/mol. The van der Waals surface area contributed by atoms with Crippen molar-refractivity contribution in [3.63, 3.8) is 0 Å². The molecule has 1 fully saturated rings. The number of piperazine rings is 1. The summed E-state index contributed by atoms with van der Waals surface area (Å²) in [5, 5.41) is 0. The van der Waals surface area contributed by atoms with Crippen molar-refractivity contribution in [3.05, 3.63) is 29.8 Å². The molecule has 0 saturated carbocycles. The first-order valence-electron chi connectivity index (χ1n) is 7.92. The van der Waals surface area contributed by atoms with E-state index >= 15 is 0 Å². The van der Waals surface area contributed by atoms with E-state index in [0.717, 1.165) is 31.9 Å². The minimum Gasteiger partial charge on any atom is -0.484 e. The smallest absolute Gasteiger partial charge is 0.260 e. The molecule has 2 rings (SSSR count). The number of rotatable bonds is 5. The van der Waals surface area contributed by atoms with Gasteiger partial charge in [-0.05, 0) is 32.4 Å². The number of nitrogens with one attached hydrogen (secondary N) is 1. The van der Waals surface area contributed by atoms with Crippen molar-refractivity contribution in [2.45, 2.75) is 33.2 Å². The quantitative estimate of drug-likeness (QED) is 0.874. The van der Waals surface area contributed by atoms with E-state index in [1.54, 1.807) is 4.90 Å². The van der Waals surface area contributed by atoms with E-state index in [1.165, 1.54) is 12.0 Å². The Morgan fingerprint density at radius 3 is 2.48 bits per heavy atom. The van der Waals surface area contributed by atoms with E-state index in [-0.39, 0.29) is 12.5 Å². The van der Waals surface area contributed by atoms with Crippen LogP contribution in [0.2, 0.25) is 0 Å². The number of benzene rings is 1. The third-order valence-corrected chi connectivity index (χ3v) is 4.45. The molecule has 116 valence electrons. The van der Waals surface area contributed by atoms with Crippen LogP contribution in [0.25, 0.3) is 0 Å². The van der Waals surface area contributed by atoms with Crippen molar-refractivity contribution in [2.75, 3.05) is 32.8 Å². The van der Waals surface area contributed by atoms with Gasteiger partial charge in [-0.25, -0.2) is 0 Å². The molecule has 0 radical (unpaired) electrons. The van der Waals surface area contributed by atoms with E-state index in [9.17, 15) is 4.79 Å². The molecule has 1 heterocycles. The second kappa shape index (κ2) is 7.46. The fourth-order valence-electron chi connectivity index (χ4n) is 2.70. The zero-order chi connectivity index (χ0) is 15.2. The standard InChI is InChI=1S/C17H26N2O2/c1-4-15(3)18-9-11-19(12-10-18)17(20)13-21-16-7-5-14(2)6-8-16/h5-8,15H,4,9-13H2,1-3H3/p+1. The van der Waals surface area contributed by atoms with Gasteiger partial charge in [0.2, 0.25) is 0 Å². The number of hydrogen-bond acceptors (Lipinski definition) is 2. The molecule has 4 heteroatoms. The van der Waals surface area contributed by atoms with Crippen LogP contribution < -0.4 is 9.64 Å². The van der Waals surface area contributed by atoms with E-state index in [2.05, 4.69) is 13.8 Å². The Labute approximate surface area is 127 Å². The number of hydrogen-bond donors (Lipinski definition) is 1. The Kier molecular flexibility index (Phi) is 5.62. The Balaban J connectivity index is 1.76. The molecule has 0 spiro atoms. The van der Waals surface area contributed by atoms with Gasteiger partial charge in [0.05, 0.1) is 32.2 Å². The van der Waals surface area contributed by atoms with Crippen molar-refractivity contribution in [2.24, 2.45) is 0 Å². The first-order chi connectivity index (χ1) is 10.1. The van der Waals surface area contributed by atoms with Gasteiger partial charge in [-0.2, -0.15) is 0 Å². The summed E-state index contributed by atoms with van der Waals surface area (Å²) in [6.45, 7) is 10.5. The topological polar surface area (TPSA) is 34.0 Å². The minimum absolute atomic E-state index is 0.0961. The van der Waals surface area contributed by atoms with E-state index in [0.29, 0.717) is 6.04 Å². The normalized spacial score (nSPS) is 17.6. The van der Waals surface area contributed by atoms with E-state index in [4.69, 9.17) is 4.74 Å². The van der Waals surface area contributed by atoms with Gasteiger partial charge in [0, 0.05) is 0 Å². The highest BCUT2D eigenvalue weighted by atomic mass is 16.5. The summed E-state index contributed by atoms with van der Waals surface area (Å²) in [4.78, 5) is 15.7. The summed E-state index contributed by atoms with van der Waals surface area (Å²) in [6.07, 6.45) is 1.19. The van der Waals surface area contributed by atoms with Crippen molar-refractivity contribution >= 4 is 5.91 Å². The van der Waals surface area contributed by atoms with Crippen LogP contribution >= 0.6 is 0 Å². The van der Waals surface area contributed by atoms with Crippen LogP contribution in [0.4, 0.5) is 0 Å². The lowest BCUT2D eigenvalue weighted by molar-refractivity contribution is -0.927. The van der Waals surface area contributed by atoms with Gasteiger partial charge in [0.25, 0.3) is 5.91 Å². The summed E-state index contributed by atoms with van der Waals surface area (Å²) in [5.74, 6) is 0.858. The number of ether oxygens (including phenoxy) is 1. The summed E-state index contributed by atoms with van der Waals surface area (Å²) < 4.78 is 5.57. The Bertz CT molecular complexity index is 450. The maximum absolute atomic E-state index is 12.2. The number of nitrogens with zero attached hydrogens (tertiary/aromatic N) is 1. The van der Waals surface area contributed by atoms with Crippen LogP contribution in [0, 0.1) is 6.92 Å². The molecule has 4 nitrogen and oxygen atoms in total. The zero-order valence-electron chi connectivity index (χ0n) is 13.4. The molecule has 0 bridgehead atoms. The highest BCUT2D eigenvalue weighted by Crippen LogP contribution is 2.11. The molecule has 1 amide bonds. The summed E-state index contributed by atoms with van der Waals surface area (Å²) in [6, 6.07) is 8.50. The van der Waals surface area contributed by atoms with Gasteiger partial charge in [-0.3, -0.25) is 4.79 Å². The molecule has 1 aromatic carbocycles. The molecule has 21 heavy (non-hydrogen) atoms. The van der Waals surface area contributed by atoms with Gasteiger partial charge in [0.1, 0.15) is 5.75 Å². The first kappa shape index (κ1) is 15.8. The molecule has 1 aromatic rings. The van der Waals surface area contributed by atoms with Gasteiger partial charge in [-0.1, -0.05) is 24.6 Å². The van der Waals surface area contributed by atoms with Crippen molar-refractivity contribution < 1.29 is 14.4 Å². The largest absolute Gasteiger partial charge is 0.484 e. The van der Waals surface area contributed by atoms with Crippen LogP contribution in [0.1, 0.15) is 25.8 Å². The van der Waals surface area contributed by atoms with E-state index in [1.807, 2.05) is 36.1 Å². The number of aryl methyl sites for hydroxylation is 1. The second-order valence-corrected chi connectivity index (χ2v) is 5.95. The number of quaternary nitrogens is 1. The van der Waals surface area contributed by atoms with E-state index < -0.39 is 0 Å². The minimum atomic E-state index is 0.0961. The lowest BCUT2D eigenvalue weighted by Crippen LogP contribution is -3.17. The molecule has 1 atom stereocenters. The predicted molar refractivity (Wildman–Crippen MR) is 83.7 cm³/mol. The third-order valence-electron chi connectivity index (χ3n) is 4.45. The first-order valence-corrected chi connectivity index (χ1v) is 7.92. The SMILES string of the molecule is CCC(C)[NH+]1CCN(C(=O)COc2ccc(C)cc2)CC1. The molecule has 1 N–H and O–H groups in total. The summed E-state index contributed by atoms with van der Waals surface area (Å²) in [5.41, 5.74) is 1.19. The highest BCUT2D eigenvalue weighted by Gasteiger charge is 2.26. The Hall–Kier alpha value is -1.55. The van der Waals surface area contributed by atoms with Crippen LogP contribution in [-0.2, 0) is 4.79 Å². The van der Waals surface area contributed by atoms with Gasteiger partial charge >= 0.3 is 0 Å². The number of carbonyl (C=O) groups excluding carboxylic acids is 1. The highest BCUT2D eigenvalue weighted by molar-refractivity contribution is 5.77. The fraction of sp³-hybridized carbons (Fsp3) is 0.588. The molecular weight excluding hydrogens is 264 g/mol. The predicted octanol–water partition coefficient (Wildman–Crippen LogP) is 0.899. The fourth-order valence-corrected chi connectivity index (χ4v) is 2.70. The Morgan fingerprint density at radius 2 is 1.90 bits per heavy atom. The molecule has 1 aliphatic heterocycles. The summed E-state index contributed by atoms with van der Waals surface area (Å²) in [7, 11) is 0. The second-order valence-electron chi connectivity index (χ2n) is 5.95. The average molecular weight is 291 g/mol.